The van der Waals surface area contributed by atoms with E-state index in [1.54, 1.807) is 0 Å². The highest BCUT2D eigenvalue weighted by Crippen LogP contribution is 2.63. The number of carboxylic acids is 1. The molecular weight excluding hydrogens is 238 g/mol. The zero-order valence-electron chi connectivity index (χ0n) is 11.6. The fourth-order valence-corrected chi connectivity index (χ4v) is 6.38. The molecule has 0 saturated heterocycles. The molecule has 0 radical (unpaired) electrons. The lowest BCUT2D eigenvalue weighted by Gasteiger charge is -2.60. The molecular formula is C16H25NO2. The Labute approximate surface area is 114 Å². The smallest absolute Gasteiger partial charge is 0.310 e. The summed E-state index contributed by atoms with van der Waals surface area (Å²) in [7, 11) is 0. The summed E-state index contributed by atoms with van der Waals surface area (Å²) in [5.74, 6) is 4.71. The average Bonchev–Trinajstić information content (AvgIpc) is 2.29. The van der Waals surface area contributed by atoms with E-state index in [9.17, 15) is 9.90 Å². The van der Waals surface area contributed by atoms with Crippen LogP contribution in [0.15, 0.2) is 0 Å². The van der Waals surface area contributed by atoms with Gasteiger partial charge < -0.3 is 10.8 Å². The summed E-state index contributed by atoms with van der Waals surface area (Å²) in [6.07, 6.45) is 8.96. The largest absolute Gasteiger partial charge is 0.481 e. The molecule has 0 atom stereocenters. The van der Waals surface area contributed by atoms with Gasteiger partial charge in [0.25, 0.3) is 0 Å². The second-order valence-corrected chi connectivity index (χ2v) is 7.97. The molecule has 106 valence electrons. The highest BCUT2D eigenvalue weighted by molar-refractivity contribution is 5.76. The van der Waals surface area contributed by atoms with Crippen molar-refractivity contribution in [1.82, 2.24) is 0 Å². The minimum atomic E-state index is -0.657. The van der Waals surface area contributed by atoms with Crippen LogP contribution in [0.1, 0.15) is 44.9 Å². The molecule has 4 bridgehead atoms. The molecule has 3 heteroatoms. The maximum absolute atomic E-state index is 11.4. The number of carboxylic acid groups (broad SMARTS) is 1. The van der Waals surface area contributed by atoms with Crippen molar-refractivity contribution >= 4 is 5.97 Å². The van der Waals surface area contributed by atoms with Gasteiger partial charge in [0, 0.05) is 6.54 Å². The molecule has 0 aliphatic heterocycles. The topological polar surface area (TPSA) is 63.3 Å². The normalized spacial score (nSPS) is 55.0. The molecule has 5 saturated carbocycles. The Balaban J connectivity index is 1.49. The lowest BCUT2D eigenvalue weighted by molar-refractivity contribution is -0.166. The van der Waals surface area contributed by atoms with Gasteiger partial charge in [-0.3, -0.25) is 4.79 Å². The average molecular weight is 263 g/mol. The van der Waals surface area contributed by atoms with Crippen LogP contribution in [0.3, 0.4) is 0 Å². The van der Waals surface area contributed by atoms with E-state index in [0.717, 1.165) is 42.4 Å². The molecule has 19 heavy (non-hydrogen) atoms. The van der Waals surface area contributed by atoms with Crippen molar-refractivity contribution in [1.29, 1.82) is 0 Å². The first-order valence-electron chi connectivity index (χ1n) is 8.05. The minimum absolute atomic E-state index is 0.326. The highest BCUT2D eigenvalue weighted by atomic mass is 16.4. The van der Waals surface area contributed by atoms with Crippen molar-refractivity contribution in [2.75, 3.05) is 6.54 Å². The van der Waals surface area contributed by atoms with Gasteiger partial charge >= 0.3 is 5.97 Å². The number of hydrogen-bond donors (Lipinski definition) is 2. The summed E-state index contributed by atoms with van der Waals surface area (Å²) < 4.78 is 0. The predicted molar refractivity (Wildman–Crippen MR) is 72.4 cm³/mol. The van der Waals surface area contributed by atoms with Crippen molar-refractivity contribution in [3.63, 3.8) is 0 Å². The van der Waals surface area contributed by atoms with Crippen molar-refractivity contribution in [3.8, 4) is 0 Å². The van der Waals surface area contributed by atoms with Crippen LogP contribution >= 0.6 is 0 Å². The Bertz CT molecular complexity index is 372. The summed E-state index contributed by atoms with van der Waals surface area (Å²) in [4.78, 5) is 11.4. The van der Waals surface area contributed by atoms with Crippen LogP contribution in [0.2, 0.25) is 0 Å². The van der Waals surface area contributed by atoms with Crippen LogP contribution in [-0.2, 0) is 4.79 Å². The summed E-state index contributed by atoms with van der Waals surface area (Å²) in [5, 5.41) is 9.37. The van der Waals surface area contributed by atoms with Crippen LogP contribution in [0, 0.1) is 40.9 Å². The van der Waals surface area contributed by atoms with E-state index in [0.29, 0.717) is 12.5 Å². The van der Waals surface area contributed by atoms with Crippen molar-refractivity contribution < 1.29 is 9.90 Å². The third-order valence-electron chi connectivity index (χ3n) is 6.99. The van der Waals surface area contributed by atoms with Crippen molar-refractivity contribution in [2.24, 2.45) is 46.7 Å². The van der Waals surface area contributed by atoms with Gasteiger partial charge in [0.2, 0.25) is 0 Å². The van der Waals surface area contributed by atoms with Crippen LogP contribution in [0.25, 0.3) is 0 Å². The van der Waals surface area contributed by atoms with Crippen LogP contribution in [-0.4, -0.2) is 17.6 Å². The maximum atomic E-state index is 11.4. The number of carbonyl (C=O) groups is 1. The van der Waals surface area contributed by atoms with Gasteiger partial charge in [0.15, 0.2) is 0 Å². The van der Waals surface area contributed by atoms with Crippen molar-refractivity contribution in [2.45, 2.75) is 44.9 Å². The summed E-state index contributed by atoms with van der Waals surface area (Å²) in [6.45, 7) is 0.326. The van der Waals surface area contributed by atoms with Gasteiger partial charge in [-0.25, -0.2) is 0 Å². The fraction of sp³-hybridized carbons (Fsp3) is 0.938. The van der Waals surface area contributed by atoms with Gasteiger partial charge in [-0.05, 0) is 80.5 Å². The molecule has 0 unspecified atom stereocenters. The van der Waals surface area contributed by atoms with E-state index in [-0.39, 0.29) is 0 Å². The third-order valence-corrected chi connectivity index (χ3v) is 6.99. The number of rotatable bonds is 3. The summed E-state index contributed by atoms with van der Waals surface area (Å²) in [5.41, 5.74) is 5.16. The van der Waals surface area contributed by atoms with Crippen LogP contribution in [0.4, 0.5) is 0 Å². The molecule has 0 aromatic carbocycles. The molecule has 5 fully saturated rings. The highest BCUT2D eigenvalue weighted by Gasteiger charge is 2.58. The van der Waals surface area contributed by atoms with Gasteiger partial charge in [-0.15, -0.1) is 0 Å². The SMILES string of the molecule is NCC1(C(=O)O)CC(C2C3CC4CC(C3)CC2C4)C1. The minimum Gasteiger partial charge on any atom is -0.481 e. The molecule has 0 heterocycles. The van der Waals surface area contributed by atoms with E-state index in [1.807, 2.05) is 0 Å². The standard InChI is InChI=1S/C16H25NO2/c17-8-16(15(18)19)6-13(7-16)14-11-2-9-1-10(4-11)5-12(14)3-9/h9-14H,1-8,17H2,(H,18,19). The quantitative estimate of drug-likeness (QED) is 0.822. The molecule has 3 N–H and O–H groups in total. The lowest BCUT2D eigenvalue weighted by Crippen LogP contribution is -2.56. The monoisotopic (exact) mass is 263 g/mol. The lowest BCUT2D eigenvalue weighted by atomic mass is 9.45. The predicted octanol–water partition coefficient (Wildman–Crippen LogP) is 2.50. The first kappa shape index (κ1) is 12.2. The Hall–Kier alpha value is -0.570. The van der Waals surface area contributed by atoms with Crippen molar-refractivity contribution in [3.05, 3.63) is 0 Å². The van der Waals surface area contributed by atoms with E-state index < -0.39 is 11.4 Å². The first-order chi connectivity index (χ1) is 9.11. The second kappa shape index (κ2) is 3.97. The molecule has 0 amide bonds. The number of aliphatic carboxylic acids is 1. The Morgan fingerprint density at radius 2 is 1.53 bits per heavy atom. The third kappa shape index (κ3) is 1.63. The van der Waals surface area contributed by atoms with Crippen LogP contribution < -0.4 is 5.73 Å². The second-order valence-electron chi connectivity index (χ2n) is 7.97. The van der Waals surface area contributed by atoms with Gasteiger partial charge in [-0.2, -0.15) is 0 Å². The number of hydrogen-bond acceptors (Lipinski definition) is 2. The number of nitrogens with two attached hydrogens (primary N) is 1. The van der Waals surface area contributed by atoms with E-state index in [1.165, 1.54) is 32.1 Å². The molecule has 5 aliphatic carbocycles. The van der Waals surface area contributed by atoms with Gasteiger partial charge in [0.05, 0.1) is 5.41 Å². The molecule has 3 nitrogen and oxygen atoms in total. The molecule has 5 rings (SSSR count). The summed E-state index contributed by atoms with van der Waals surface area (Å²) >= 11 is 0. The Morgan fingerprint density at radius 1 is 1.00 bits per heavy atom. The van der Waals surface area contributed by atoms with E-state index in [2.05, 4.69) is 0 Å². The maximum Gasteiger partial charge on any atom is 0.310 e. The van der Waals surface area contributed by atoms with E-state index in [4.69, 9.17) is 5.73 Å². The molecule has 5 aliphatic rings. The molecule has 0 aromatic heterocycles. The van der Waals surface area contributed by atoms with Gasteiger partial charge in [-0.1, -0.05) is 0 Å². The Kier molecular flexibility index (Phi) is 2.55. The van der Waals surface area contributed by atoms with Gasteiger partial charge in [0.1, 0.15) is 0 Å². The van der Waals surface area contributed by atoms with Crippen LogP contribution in [0.5, 0.6) is 0 Å². The zero-order valence-corrected chi connectivity index (χ0v) is 11.6. The zero-order chi connectivity index (χ0) is 13.2. The first-order valence-corrected chi connectivity index (χ1v) is 8.05. The molecule has 0 aromatic rings. The summed E-state index contributed by atoms with van der Waals surface area (Å²) in [6, 6.07) is 0. The Morgan fingerprint density at radius 3 is 1.95 bits per heavy atom. The molecule has 0 spiro atoms. The van der Waals surface area contributed by atoms with E-state index >= 15 is 0 Å². The fourth-order valence-electron chi connectivity index (χ4n) is 6.38.